The zero-order chi connectivity index (χ0) is 17.2. The summed E-state index contributed by atoms with van der Waals surface area (Å²) in [6, 6.07) is 16.0. The van der Waals surface area contributed by atoms with E-state index in [4.69, 9.17) is 9.26 Å². The molecule has 0 aliphatic heterocycles. The van der Waals surface area contributed by atoms with E-state index in [9.17, 15) is 0 Å². The summed E-state index contributed by atoms with van der Waals surface area (Å²) in [7, 11) is 1.65. The number of fused-ring (bicyclic) bond motifs is 1. The maximum Gasteiger partial charge on any atom is 0.184 e. The van der Waals surface area contributed by atoms with Crippen molar-refractivity contribution >= 4 is 26.7 Å². The fourth-order valence-electron chi connectivity index (χ4n) is 2.66. The van der Waals surface area contributed by atoms with Gasteiger partial charge in [0.2, 0.25) is 0 Å². The summed E-state index contributed by atoms with van der Waals surface area (Å²) in [6.07, 6.45) is 0. The number of hydrogen-bond donors (Lipinski definition) is 1. The molecule has 0 aliphatic rings. The highest BCUT2D eigenvalue weighted by atomic mass is 32.1. The van der Waals surface area contributed by atoms with Gasteiger partial charge >= 0.3 is 0 Å². The summed E-state index contributed by atoms with van der Waals surface area (Å²) >= 11 is 1.63. The Morgan fingerprint density at radius 2 is 2.04 bits per heavy atom. The summed E-state index contributed by atoms with van der Waals surface area (Å²) in [5, 5.41) is 8.33. The highest BCUT2D eigenvalue weighted by molar-refractivity contribution is 7.22. The second kappa shape index (κ2) is 6.57. The third kappa shape index (κ3) is 3.21. The first-order valence-corrected chi connectivity index (χ1v) is 8.74. The second-order valence-electron chi connectivity index (χ2n) is 5.72. The number of benzene rings is 2. The van der Waals surface area contributed by atoms with Crippen molar-refractivity contribution in [2.75, 3.05) is 12.4 Å². The highest BCUT2D eigenvalue weighted by Gasteiger charge is 2.11. The fourth-order valence-corrected chi connectivity index (χ4v) is 3.50. The van der Waals surface area contributed by atoms with Crippen LogP contribution in [0.25, 0.3) is 21.5 Å². The lowest BCUT2D eigenvalue weighted by Crippen LogP contribution is -1.97. The van der Waals surface area contributed by atoms with Crippen LogP contribution >= 0.6 is 11.3 Å². The molecule has 2 heterocycles. The Hall–Kier alpha value is -2.86. The SMILES string of the molecule is COc1ccccc1-c1cc(CNc2nc3cc(C)ccc3s2)on1. The summed E-state index contributed by atoms with van der Waals surface area (Å²) in [4.78, 5) is 4.61. The average Bonchev–Trinajstić information content (AvgIpc) is 3.26. The van der Waals surface area contributed by atoms with Crippen molar-refractivity contribution in [2.45, 2.75) is 13.5 Å². The predicted octanol–water partition coefficient (Wildman–Crippen LogP) is 4.88. The van der Waals surface area contributed by atoms with Crippen LogP contribution in [0.4, 0.5) is 5.13 Å². The first-order chi connectivity index (χ1) is 12.2. The minimum Gasteiger partial charge on any atom is -0.496 e. The maximum atomic E-state index is 5.44. The Morgan fingerprint density at radius 3 is 2.92 bits per heavy atom. The van der Waals surface area contributed by atoms with Crippen LogP contribution in [0.1, 0.15) is 11.3 Å². The summed E-state index contributed by atoms with van der Waals surface area (Å²) < 4.78 is 12.0. The summed E-state index contributed by atoms with van der Waals surface area (Å²) in [5.41, 5.74) is 3.89. The van der Waals surface area contributed by atoms with Gasteiger partial charge in [0.25, 0.3) is 0 Å². The lowest BCUT2D eigenvalue weighted by atomic mass is 10.1. The van der Waals surface area contributed by atoms with Gasteiger partial charge in [0.05, 0.1) is 23.9 Å². The number of anilines is 1. The highest BCUT2D eigenvalue weighted by Crippen LogP contribution is 2.30. The van der Waals surface area contributed by atoms with Crippen molar-refractivity contribution < 1.29 is 9.26 Å². The van der Waals surface area contributed by atoms with Gasteiger partial charge in [-0.25, -0.2) is 4.98 Å². The van der Waals surface area contributed by atoms with Crippen molar-refractivity contribution in [1.29, 1.82) is 0 Å². The number of nitrogens with one attached hydrogen (secondary N) is 1. The Labute approximate surface area is 149 Å². The van der Waals surface area contributed by atoms with Crippen LogP contribution in [-0.4, -0.2) is 17.3 Å². The minimum atomic E-state index is 0.529. The quantitative estimate of drug-likeness (QED) is 0.555. The third-order valence-corrected chi connectivity index (χ3v) is 4.89. The van der Waals surface area contributed by atoms with Crippen LogP contribution in [0.15, 0.2) is 53.1 Å². The number of rotatable bonds is 5. The molecule has 0 atom stereocenters. The van der Waals surface area contributed by atoms with E-state index in [2.05, 4.69) is 40.6 Å². The van der Waals surface area contributed by atoms with E-state index in [-0.39, 0.29) is 0 Å². The van der Waals surface area contributed by atoms with Crippen molar-refractivity contribution in [3.05, 3.63) is 59.9 Å². The molecule has 0 aliphatic carbocycles. The standard InChI is InChI=1S/C19H17N3O2S/c1-12-7-8-18-16(9-12)21-19(25-18)20-11-13-10-15(22-24-13)14-5-3-4-6-17(14)23-2/h3-10H,11H2,1-2H3,(H,20,21). The molecule has 25 heavy (non-hydrogen) atoms. The molecular formula is C19H17N3O2S. The van der Waals surface area contributed by atoms with E-state index in [0.717, 1.165) is 33.4 Å². The number of aromatic nitrogens is 2. The molecule has 2 aromatic heterocycles. The van der Waals surface area contributed by atoms with E-state index in [1.165, 1.54) is 10.3 Å². The Bertz CT molecular complexity index is 1020. The lowest BCUT2D eigenvalue weighted by molar-refractivity contribution is 0.388. The Kier molecular flexibility index (Phi) is 4.11. The third-order valence-electron chi connectivity index (χ3n) is 3.90. The number of aryl methyl sites for hydroxylation is 1. The van der Waals surface area contributed by atoms with Gasteiger partial charge in [-0.3, -0.25) is 0 Å². The van der Waals surface area contributed by atoms with E-state index in [1.807, 2.05) is 30.3 Å². The van der Waals surface area contributed by atoms with Crippen LogP contribution in [0.2, 0.25) is 0 Å². The second-order valence-corrected chi connectivity index (χ2v) is 6.75. The monoisotopic (exact) mass is 351 g/mol. The van der Waals surface area contributed by atoms with Gasteiger partial charge in [-0.2, -0.15) is 0 Å². The summed E-state index contributed by atoms with van der Waals surface area (Å²) in [5.74, 6) is 1.52. The van der Waals surface area contributed by atoms with Crippen molar-refractivity contribution in [2.24, 2.45) is 0 Å². The number of para-hydroxylation sites is 1. The molecule has 0 unspecified atom stereocenters. The van der Waals surface area contributed by atoms with Crippen LogP contribution in [0, 0.1) is 6.92 Å². The molecule has 0 amide bonds. The van der Waals surface area contributed by atoms with Gasteiger partial charge in [-0.15, -0.1) is 0 Å². The zero-order valence-electron chi connectivity index (χ0n) is 13.9. The Morgan fingerprint density at radius 1 is 1.16 bits per heavy atom. The van der Waals surface area contributed by atoms with Gasteiger partial charge in [0.1, 0.15) is 11.4 Å². The number of nitrogens with zero attached hydrogens (tertiary/aromatic N) is 2. The van der Waals surface area contributed by atoms with Crippen LogP contribution in [0.5, 0.6) is 5.75 Å². The molecule has 0 spiro atoms. The largest absolute Gasteiger partial charge is 0.496 e. The zero-order valence-corrected chi connectivity index (χ0v) is 14.8. The topological polar surface area (TPSA) is 60.2 Å². The van der Waals surface area contributed by atoms with Crippen molar-refractivity contribution in [3.63, 3.8) is 0 Å². The Balaban J connectivity index is 1.51. The van der Waals surface area contributed by atoms with E-state index < -0.39 is 0 Å². The molecule has 6 heteroatoms. The molecule has 126 valence electrons. The number of hydrogen-bond acceptors (Lipinski definition) is 6. The molecular weight excluding hydrogens is 334 g/mol. The molecule has 0 bridgehead atoms. The maximum absolute atomic E-state index is 5.44. The fraction of sp³-hybridized carbons (Fsp3) is 0.158. The van der Waals surface area contributed by atoms with Gasteiger partial charge in [-0.1, -0.05) is 34.7 Å². The lowest BCUT2D eigenvalue weighted by Gasteiger charge is -2.03. The first kappa shape index (κ1) is 15.7. The van der Waals surface area contributed by atoms with Gasteiger partial charge in [-0.05, 0) is 36.8 Å². The smallest absolute Gasteiger partial charge is 0.184 e. The summed E-state index contributed by atoms with van der Waals surface area (Å²) in [6.45, 7) is 2.60. The molecule has 1 N–H and O–H groups in total. The molecule has 2 aromatic carbocycles. The van der Waals surface area contributed by atoms with Crippen LogP contribution in [-0.2, 0) is 6.54 Å². The predicted molar refractivity (Wildman–Crippen MR) is 100 cm³/mol. The van der Waals surface area contributed by atoms with Crippen molar-refractivity contribution in [3.8, 4) is 17.0 Å². The van der Waals surface area contributed by atoms with Crippen LogP contribution < -0.4 is 10.1 Å². The van der Waals surface area contributed by atoms with Crippen molar-refractivity contribution in [1.82, 2.24) is 10.1 Å². The molecule has 4 rings (SSSR count). The van der Waals surface area contributed by atoms with E-state index in [0.29, 0.717) is 6.54 Å². The number of methoxy groups -OCH3 is 1. The molecule has 4 aromatic rings. The van der Waals surface area contributed by atoms with Gasteiger partial charge in [0, 0.05) is 11.6 Å². The minimum absolute atomic E-state index is 0.529. The van der Waals surface area contributed by atoms with Gasteiger partial charge < -0.3 is 14.6 Å². The number of ether oxygens (including phenoxy) is 1. The molecule has 0 saturated carbocycles. The molecule has 0 saturated heterocycles. The number of thiazole rings is 1. The van der Waals surface area contributed by atoms with Crippen LogP contribution in [0.3, 0.4) is 0 Å². The molecule has 5 nitrogen and oxygen atoms in total. The average molecular weight is 351 g/mol. The normalized spacial score (nSPS) is 11.0. The first-order valence-electron chi connectivity index (χ1n) is 7.93. The van der Waals surface area contributed by atoms with E-state index in [1.54, 1.807) is 18.4 Å². The molecule has 0 radical (unpaired) electrons. The molecule has 0 fully saturated rings. The van der Waals surface area contributed by atoms with E-state index >= 15 is 0 Å². The van der Waals surface area contributed by atoms with Gasteiger partial charge in [0.15, 0.2) is 10.9 Å².